The Morgan fingerprint density at radius 1 is 1.17 bits per heavy atom. The molecule has 2 aromatic carbocycles. The van der Waals surface area contributed by atoms with Gasteiger partial charge in [-0.05, 0) is 50.1 Å². The Balaban J connectivity index is 1.93. The fourth-order valence-corrected chi connectivity index (χ4v) is 4.78. The number of rotatable bonds is 5. The van der Waals surface area contributed by atoms with Gasteiger partial charge in [0.1, 0.15) is 22.3 Å². The van der Waals surface area contributed by atoms with Crippen LogP contribution in [-0.4, -0.2) is 34.4 Å². The molecule has 1 N–H and O–H groups in total. The highest BCUT2D eigenvalue weighted by atomic mass is 32.1. The molecule has 10 heteroatoms. The predicted molar refractivity (Wildman–Crippen MR) is 125 cm³/mol. The summed E-state index contributed by atoms with van der Waals surface area (Å²) in [6.45, 7) is 4.86. The van der Waals surface area contributed by atoms with Gasteiger partial charge in [-0.3, -0.25) is 14.5 Å². The lowest BCUT2D eigenvalue weighted by molar-refractivity contribution is -0.132. The van der Waals surface area contributed by atoms with Crippen molar-refractivity contribution in [2.45, 2.75) is 26.8 Å². The van der Waals surface area contributed by atoms with E-state index in [1.54, 1.807) is 13.8 Å². The molecule has 180 valence electrons. The van der Waals surface area contributed by atoms with Gasteiger partial charge in [0.2, 0.25) is 0 Å². The third kappa shape index (κ3) is 4.32. The number of ketones is 1. The van der Waals surface area contributed by atoms with E-state index in [-0.39, 0.29) is 39.0 Å². The van der Waals surface area contributed by atoms with E-state index in [1.165, 1.54) is 37.3 Å². The molecule has 0 saturated carbocycles. The summed E-state index contributed by atoms with van der Waals surface area (Å²) in [5.74, 6) is -4.57. The van der Waals surface area contributed by atoms with Crippen molar-refractivity contribution in [3.8, 4) is 0 Å². The highest BCUT2D eigenvalue weighted by Crippen LogP contribution is 2.44. The van der Waals surface area contributed by atoms with Crippen molar-refractivity contribution in [1.29, 1.82) is 0 Å². The number of aliphatic hydroxyl groups is 1. The molecule has 4 rings (SSSR count). The number of aryl methyl sites for hydroxylation is 2. The van der Waals surface area contributed by atoms with Gasteiger partial charge in [0.25, 0.3) is 5.78 Å². The number of thiazole rings is 1. The summed E-state index contributed by atoms with van der Waals surface area (Å²) < 4.78 is 33.4. The van der Waals surface area contributed by atoms with E-state index in [4.69, 9.17) is 4.74 Å². The summed E-state index contributed by atoms with van der Waals surface area (Å²) in [7, 11) is 0. The number of carbonyl (C=O) groups is 3. The molecule has 7 nitrogen and oxygen atoms in total. The van der Waals surface area contributed by atoms with Crippen molar-refractivity contribution in [1.82, 2.24) is 4.98 Å². The van der Waals surface area contributed by atoms with Crippen molar-refractivity contribution >= 4 is 39.9 Å². The van der Waals surface area contributed by atoms with E-state index in [9.17, 15) is 28.3 Å². The van der Waals surface area contributed by atoms with Gasteiger partial charge in [-0.15, -0.1) is 0 Å². The first-order valence-corrected chi connectivity index (χ1v) is 11.4. The van der Waals surface area contributed by atoms with Gasteiger partial charge in [0.15, 0.2) is 5.13 Å². The van der Waals surface area contributed by atoms with Gasteiger partial charge >= 0.3 is 11.9 Å². The number of benzene rings is 2. The maximum atomic E-state index is 14.2. The monoisotopic (exact) mass is 498 g/mol. The first kappa shape index (κ1) is 24.2. The first-order chi connectivity index (χ1) is 16.6. The second kappa shape index (κ2) is 9.38. The summed E-state index contributed by atoms with van der Waals surface area (Å²) in [6, 6.07) is 7.82. The van der Waals surface area contributed by atoms with Crippen molar-refractivity contribution in [3.63, 3.8) is 0 Å². The molecule has 3 aromatic rings. The molecule has 1 unspecified atom stereocenters. The SMILES string of the molecule is CCOC(=O)c1sc(N2C(=O)C(=O)/C(=C(\O)c3ccc(C)c(F)c3)C2c2cccc(F)c2)nc1C. The van der Waals surface area contributed by atoms with E-state index in [0.29, 0.717) is 5.56 Å². The molecular weight excluding hydrogens is 478 g/mol. The minimum atomic E-state index is -1.27. The minimum Gasteiger partial charge on any atom is -0.507 e. The second-order valence-electron chi connectivity index (χ2n) is 7.82. The molecule has 1 aliphatic rings. The van der Waals surface area contributed by atoms with Crippen LogP contribution < -0.4 is 4.90 Å². The number of halogens is 2. The zero-order valence-corrected chi connectivity index (χ0v) is 19.8. The highest BCUT2D eigenvalue weighted by molar-refractivity contribution is 7.17. The first-order valence-electron chi connectivity index (χ1n) is 10.6. The zero-order valence-electron chi connectivity index (χ0n) is 19.0. The summed E-state index contributed by atoms with van der Waals surface area (Å²) >= 11 is 0.836. The Morgan fingerprint density at radius 3 is 2.57 bits per heavy atom. The third-order valence-electron chi connectivity index (χ3n) is 5.51. The van der Waals surface area contributed by atoms with Crippen LogP contribution in [0.25, 0.3) is 5.76 Å². The third-order valence-corrected chi connectivity index (χ3v) is 6.64. The van der Waals surface area contributed by atoms with Crippen LogP contribution in [0.2, 0.25) is 0 Å². The Bertz CT molecular complexity index is 1400. The van der Waals surface area contributed by atoms with Gasteiger partial charge in [0.05, 0.1) is 23.9 Å². The van der Waals surface area contributed by atoms with Gasteiger partial charge < -0.3 is 9.84 Å². The van der Waals surface area contributed by atoms with Gasteiger partial charge in [-0.1, -0.05) is 35.6 Å². The van der Waals surface area contributed by atoms with Gasteiger partial charge in [0, 0.05) is 5.56 Å². The molecule has 0 radical (unpaired) electrons. The number of amides is 1. The molecular formula is C25H20F2N2O5S. The number of hydrogen-bond acceptors (Lipinski definition) is 7. The van der Waals surface area contributed by atoms with Gasteiger partial charge in [-0.2, -0.15) is 0 Å². The van der Waals surface area contributed by atoms with E-state index in [0.717, 1.165) is 28.4 Å². The van der Waals surface area contributed by atoms with Crippen molar-refractivity contribution in [2.24, 2.45) is 0 Å². The molecule has 1 fully saturated rings. The average Bonchev–Trinajstić information content (AvgIpc) is 3.32. The fraction of sp³-hybridized carbons (Fsp3) is 0.200. The van der Waals surface area contributed by atoms with Crippen LogP contribution in [0.15, 0.2) is 48.0 Å². The maximum absolute atomic E-state index is 14.2. The van der Waals surface area contributed by atoms with E-state index in [2.05, 4.69) is 4.98 Å². The number of esters is 1. The highest BCUT2D eigenvalue weighted by Gasteiger charge is 2.48. The Hall–Kier alpha value is -3.92. The number of nitrogens with zero attached hydrogens (tertiary/aromatic N) is 2. The molecule has 1 atom stereocenters. The number of hydrogen-bond donors (Lipinski definition) is 1. The summed E-state index contributed by atoms with van der Waals surface area (Å²) in [6.07, 6.45) is 0. The molecule has 0 bridgehead atoms. The largest absolute Gasteiger partial charge is 0.507 e. The summed E-state index contributed by atoms with van der Waals surface area (Å²) in [4.78, 5) is 44.0. The minimum absolute atomic E-state index is 0.00366. The van der Waals surface area contributed by atoms with Crippen molar-refractivity contribution in [3.05, 3.63) is 86.9 Å². The molecule has 2 heterocycles. The molecule has 1 saturated heterocycles. The van der Waals surface area contributed by atoms with E-state index in [1.807, 2.05) is 0 Å². The normalized spacial score (nSPS) is 17.2. The molecule has 1 aliphatic heterocycles. The standard InChI is InChI=1S/C25H20F2N2O5S/c1-4-34-24(33)22-13(3)28-25(35-22)29-19(14-6-5-7-16(26)10-14)18(21(31)23(29)32)20(30)15-9-8-12(2)17(27)11-15/h5-11,19,30H,4H2,1-3H3/b20-18-. The fourth-order valence-electron chi connectivity index (χ4n) is 3.79. The number of Topliss-reactive ketones (excluding diaryl/α,β-unsaturated/α-hetero) is 1. The van der Waals surface area contributed by atoms with E-state index >= 15 is 0 Å². The quantitative estimate of drug-likeness (QED) is 0.234. The molecule has 0 spiro atoms. The van der Waals surface area contributed by atoms with E-state index < -0.39 is 41.1 Å². The van der Waals surface area contributed by atoms with Crippen LogP contribution >= 0.6 is 11.3 Å². The average molecular weight is 499 g/mol. The lowest BCUT2D eigenvalue weighted by Crippen LogP contribution is -2.29. The van der Waals surface area contributed by atoms with Crippen LogP contribution in [0.4, 0.5) is 13.9 Å². The number of carbonyl (C=O) groups excluding carboxylic acids is 3. The topological polar surface area (TPSA) is 96.8 Å². The number of anilines is 1. The number of aromatic nitrogens is 1. The number of ether oxygens (including phenoxy) is 1. The maximum Gasteiger partial charge on any atom is 0.350 e. The molecule has 0 aliphatic carbocycles. The lowest BCUT2D eigenvalue weighted by Gasteiger charge is -2.23. The second-order valence-corrected chi connectivity index (χ2v) is 8.80. The number of aliphatic hydroxyl groups excluding tert-OH is 1. The molecule has 1 amide bonds. The van der Waals surface area contributed by atoms with Crippen LogP contribution in [0.3, 0.4) is 0 Å². The van der Waals surface area contributed by atoms with Crippen LogP contribution in [0, 0.1) is 25.5 Å². The van der Waals surface area contributed by atoms with Crippen LogP contribution in [0.1, 0.15) is 45.0 Å². The molecule has 1 aromatic heterocycles. The summed E-state index contributed by atoms with van der Waals surface area (Å²) in [5, 5.41) is 11.0. The van der Waals surface area contributed by atoms with Crippen molar-refractivity contribution in [2.75, 3.05) is 11.5 Å². The Labute approximate surface area is 203 Å². The summed E-state index contributed by atoms with van der Waals surface area (Å²) in [5.41, 5.74) is 0.422. The Morgan fingerprint density at radius 2 is 1.91 bits per heavy atom. The lowest BCUT2D eigenvalue weighted by atomic mass is 9.95. The zero-order chi connectivity index (χ0) is 25.4. The molecule has 35 heavy (non-hydrogen) atoms. The van der Waals surface area contributed by atoms with Crippen LogP contribution in [-0.2, 0) is 14.3 Å². The predicted octanol–water partition coefficient (Wildman–Crippen LogP) is 4.84. The smallest absolute Gasteiger partial charge is 0.350 e. The van der Waals surface area contributed by atoms with Gasteiger partial charge in [-0.25, -0.2) is 18.6 Å². The van der Waals surface area contributed by atoms with Crippen molar-refractivity contribution < 1.29 is 33.0 Å². The van der Waals surface area contributed by atoms with Crippen LogP contribution in [0.5, 0.6) is 0 Å². The Kier molecular flexibility index (Phi) is 6.49.